The molecule has 0 aromatic heterocycles. The maximum absolute atomic E-state index is 12.7. The van der Waals surface area contributed by atoms with Crippen molar-refractivity contribution in [1.82, 2.24) is 10.6 Å². The number of carbonyl (C=O) groups excluding carboxylic acids is 2. The summed E-state index contributed by atoms with van der Waals surface area (Å²) in [6, 6.07) is -3.37. The molecule has 0 aromatic rings. The highest BCUT2D eigenvalue weighted by Gasteiger charge is 2.57. The van der Waals surface area contributed by atoms with Crippen molar-refractivity contribution >= 4 is 11.8 Å². The minimum absolute atomic E-state index is 0.738. The minimum atomic E-state index is -2.37. The highest BCUT2D eigenvalue weighted by molar-refractivity contribution is 5.73. The lowest BCUT2D eigenvalue weighted by Gasteiger charge is -2.50. The standard InChI is InChI=1S/C46H78N2O36/c1-10(53)47-19-26(60)37(14(5-51)75-40(19)71)82-41-20(48-11(2)54)27(61)38(15(6-52)78-41)83-46-36(70)39(84-45-35(69)31(65)24(58)17(80-45)8-73-43-33(67)29(63)22(56)13(4-50)77-43)25(59)18(81-46)9-74-44-34(68)30(64)23(57)16(79-44)7-72-42-32(66)28(62)21(55)12(3-49)76-42/h12-46,49-52,55-71H,3-9H2,1-2H3,(H,47,53)(H,48,54)/t12-,13-,14-,15-,16-,17-,18-,19-,20-,21-,22-,23-,24-,25-,26-,27-,28+,29+,30+,31+,32+,33+,34+,35+,36+,37-,38-,39+,40+,41+,42+,43+,44+,45-,46+/m1/s1. The van der Waals surface area contributed by atoms with Gasteiger partial charge in [-0.3, -0.25) is 9.59 Å². The summed E-state index contributed by atoms with van der Waals surface area (Å²) in [4.78, 5) is 24.6. The van der Waals surface area contributed by atoms with E-state index in [2.05, 4.69) is 10.6 Å². The number of ether oxygens (including phenoxy) is 13. The summed E-state index contributed by atoms with van der Waals surface area (Å²) < 4.78 is 73.8. The SMILES string of the molecule is CC(=O)N[C@@H]1[C@@H](O)[C@H](O[C@@H]2O[C@H](CO)[C@@H](O[C@@H]3O[C@H](CO[C@H]4O[C@H](CO[C@H]5O[C@H](CO)[C@@H](O)[C@H](O)[C@@H]5O)[C@@H](O)[C@H](O)[C@@H]4O)[C@@H](O)[C@H](O[C@H]4O[C@H](CO[C@H]5O[C@H](CO)[C@@H](O)[C@H](O)[C@@H]5O)[C@@H](O)[C@H](O)[C@@H]4O)[C@@H]3O)[C@H](O)[C@H]2NC(C)=O)[C@@H](CO)O[C@@H]1O. The maximum Gasteiger partial charge on any atom is 0.217 e. The van der Waals surface area contributed by atoms with Crippen molar-refractivity contribution in [3.8, 4) is 0 Å². The molecule has 0 aromatic carbocycles. The van der Waals surface area contributed by atoms with E-state index in [1.165, 1.54) is 0 Å². The molecule has 35 atom stereocenters. The number of hydrogen-bond acceptors (Lipinski definition) is 36. The third kappa shape index (κ3) is 15.1. The van der Waals surface area contributed by atoms with Gasteiger partial charge in [0.15, 0.2) is 44.0 Å². The molecule has 38 nitrogen and oxygen atoms in total. The van der Waals surface area contributed by atoms with E-state index in [9.17, 15) is 117 Å². The summed E-state index contributed by atoms with van der Waals surface area (Å²) in [5, 5.41) is 230. The van der Waals surface area contributed by atoms with Gasteiger partial charge in [0.2, 0.25) is 11.8 Å². The average molecular weight is 1240 g/mol. The molecule has 2 amide bonds. The lowest BCUT2D eigenvalue weighted by atomic mass is 9.94. The zero-order valence-electron chi connectivity index (χ0n) is 44.7. The van der Waals surface area contributed by atoms with E-state index < -0.39 is 273 Å². The quantitative estimate of drug-likeness (QED) is 0.0507. The van der Waals surface area contributed by atoms with Crippen LogP contribution in [0, 0.1) is 0 Å². The van der Waals surface area contributed by atoms with Crippen molar-refractivity contribution in [3.05, 3.63) is 0 Å². The van der Waals surface area contributed by atoms with Crippen LogP contribution in [-0.2, 0) is 71.2 Å². The number of aliphatic hydroxyl groups excluding tert-OH is 21. The molecule has 0 bridgehead atoms. The van der Waals surface area contributed by atoms with Gasteiger partial charge < -0.3 is 179 Å². The fourth-order valence-corrected chi connectivity index (χ4v) is 10.5. The molecule has 0 saturated carbocycles. The van der Waals surface area contributed by atoms with Crippen LogP contribution in [0.1, 0.15) is 13.8 Å². The minimum Gasteiger partial charge on any atom is -0.394 e. The van der Waals surface area contributed by atoms with E-state index in [0.717, 1.165) is 13.8 Å². The topological polar surface area (TPSA) is 603 Å². The highest BCUT2D eigenvalue weighted by Crippen LogP contribution is 2.36. The van der Waals surface area contributed by atoms with Crippen molar-refractivity contribution in [3.63, 3.8) is 0 Å². The Hall–Kier alpha value is -2.42. The highest BCUT2D eigenvalue weighted by atomic mass is 16.8. The summed E-state index contributed by atoms with van der Waals surface area (Å²) in [5.74, 6) is -1.61. The third-order valence-corrected chi connectivity index (χ3v) is 15.3. The van der Waals surface area contributed by atoms with Gasteiger partial charge >= 0.3 is 0 Å². The number of rotatable bonds is 21. The average Bonchev–Trinajstić information content (AvgIpc) is 3.21. The lowest BCUT2D eigenvalue weighted by Crippen LogP contribution is -2.70. The van der Waals surface area contributed by atoms with E-state index in [1.807, 2.05) is 0 Å². The lowest BCUT2D eigenvalue weighted by molar-refractivity contribution is -0.386. The van der Waals surface area contributed by atoms with Crippen LogP contribution in [0.25, 0.3) is 0 Å². The van der Waals surface area contributed by atoms with Crippen LogP contribution in [0.4, 0.5) is 0 Å². The molecule has 7 fully saturated rings. The van der Waals surface area contributed by atoms with Gasteiger partial charge in [-0.2, -0.15) is 0 Å². The van der Waals surface area contributed by atoms with E-state index in [0.29, 0.717) is 0 Å². The van der Waals surface area contributed by atoms with Crippen LogP contribution in [-0.4, -0.2) is 380 Å². The zero-order chi connectivity index (χ0) is 61.9. The molecule has 0 aliphatic carbocycles. The predicted molar refractivity (Wildman–Crippen MR) is 255 cm³/mol. The Bertz CT molecular complexity index is 2060. The summed E-state index contributed by atoms with van der Waals surface area (Å²) in [6.07, 6.45) is -64.0. The fourth-order valence-electron chi connectivity index (χ4n) is 10.5. The molecule has 7 rings (SSSR count). The van der Waals surface area contributed by atoms with Gasteiger partial charge in [-0.05, 0) is 0 Å². The second kappa shape index (κ2) is 29.9. The van der Waals surface area contributed by atoms with E-state index in [-0.39, 0.29) is 0 Å². The second-order valence-corrected chi connectivity index (χ2v) is 21.2. The summed E-state index contributed by atoms with van der Waals surface area (Å²) >= 11 is 0. The van der Waals surface area contributed by atoms with Crippen LogP contribution >= 0.6 is 0 Å². The Morgan fingerprint density at radius 3 is 1.02 bits per heavy atom. The number of hydrogen-bond donors (Lipinski definition) is 23. The molecule has 7 aliphatic rings. The van der Waals surface area contributed by atoms with Crippen LogP contribution in [0.5, 0.6) is 0 Å². The van der Waals surface area contributed by atoms with E-state index in [1.54, 1.807) is 0 Å². The van der Waals surface area contributed by atoms with Crippen molar-refractivity contribution < 1.29 is 178 Å². The smallest absolute Gasteiger partial charge is 0.217 e. The monoisotopic (exact) mass is 1230 g/mol. The molecule has 7 saturated heterocycles. The molecule has 0 unspecified atom stereocenters. The number of amides is 2. The fraction of sp³-hybridized carbons (Fsp3) is 0.957. The summed E-state index contributed by atoms with van der Waals surface area (Å²) in [6.45, 7) is -4.39. The van der Waals surface area contributed by atoms with Gasteiger partial charge in [0.25, 0.3) is 0 Å². The van der Waals surface area contributed by atoms with Crippen molar-refractivity contribution in [2.45, 2.75) is 229 Å². The zero-order valence-corrected chi connectivity index (χ0v) is 44.7. The van der Waals surface area contributed by atoms with Gasteiger partial charge in [0.1, 0.15) is 171 Å². The Morgan fingerprint density at radius 1 is 0.310 bits per heavy atom. The Kier molecular flexibility index (Phi) is 24.6. The van der Waals surface area contributed by atoms with Crippen LogP contribution in [0.15, 0.2) is 0 Å². The molecule has 23 N–H and O–H groups in total. The van der Waals surface area contributed by atoms with Crippen molar-refractivity contribution in [1.29, 1.82) is 0 Å². The number of nitrogens with one attached hydrogen (secondary N) is 2. The number of aliphatic hydroxyl groups is 21. The Labute approximate surface area is 475 Å². The summed E-state index contributed by atoms with van der Waals surface area (Å²) in [7, 11) is 0. The normalized spacial score (nSPS) is 50.3. The van der Waals surface area contributed by atoms with Crippen molar-refractivity contribution in [2.24, 2.45) is 0 Å². The molecule has 38 heteroatoms. The Balaban J connectivity index is 1.13. The molecular formula is C46H78N2O36. The molecule has 7 heterocycles. The first-order chi connectivity index (χ1) is 39.7. The number of carbonyl (C=O) groups is 2. The van der Waals surface area contributed by atoms with E-state index in [4.69, 9.17) is 61.6 Å². The van der Waals surface area contributed by atoms with Gasteiger partial charge in [0.05, 0.1) is 46.2 Å². The molecule has 0 spiro atoms. The second-order valence-electron chi connectivity index (χ2n) is 21.2. The van der Waals surface area contributed by atoms with Gasteiger partial charge in [-0.15, -0.1) is 0 Å². The third-order valence-electron chi connectivity index (χ3n) is 15.3. The largest absolute Gasteiger partial charge is 0.394 e. The van der Waals surface area contributed by atoms with Gasteiger partial charge in [0, 0.05) is 13.8 Å². The maximum atomic E-state index is 12.7. The van der Waals surface area contributed by atoms with Crippen LogP contribution in [0.2, 0.25) is 0 Å². The van der Waals surface area contributed by atoms with Crippen molar-refractivity contribution in [2.75, 3.05) is 46.2 Å². The van der Waals surface area contributed by atoms with Gasteiger partial charge in [-0.25, -0.2) is 0 Å². The van der Waals surface area contributed by atoms with Gasteiger partial charge in [-0.1, -0.05) is 0 Å². The van der Waals surface area contributed by atoms with E-state index >= 15 is 0 Å². The first kappa shape index (κ1) is 69.1. The Morgan fingerprint density at radius 2 is 0.607 bits per heavy atom. The molecule has 84 heavy (non-hydrogen) atoms. The predicted octanol–water partition coefficient (Wildman–Crippen LogP) is -16.0. The molecule has 488 valence electrons. The molecular weight excluding hydrogens is 1160 g/mol. The first-order valence-electron chi connectivity index (χ1n) is 26.6. The first-order valence-corrected chi connectivity index (χ1v) is 26.6. The summed E-state index contributed by atoms with van der Waals surface area (Å²) in [5.41, 5.74) is 0. The van der Waals surface area contributed by atoms with Crippen LogP contribution < -0.4 is 10.6 Å². The molecule has 7 aliphatic heterocycles. The van der Waals surface area contributed by atoms with Crippen LogP contribution in [0.3, 0.4) is 0 Å². The molecule has 0 radical (unpaired) electrons.